The van der Waals surface area contributed by atoms with Crippen molar-refractivity contribution in [1.29, 1.82) is 0 Å². The zero-order chi connectivity index (χ0) is 27.2. The van der Waals surface area contributed by atoms with E-state index in [9.17, 15) is 14.7 Å². The molecule has 0 aromatic carbocycles. The van der Waals surface area contributed by atoms with Crippen LogP contribution in [0.4, 0.5) is 0 Å². The fourth-order valence-electron chi connectivity index (χ4n) is 4.36. The maximum Gasteiger partial charge on any atom is 0.306 e. The summed E-state index contributed by atoms with van der Waals surface area (Å²) in [4.78, 5) is 24.0. The number of hydrogen-bond acceptors (Lipinski definition) is 5. The average Bonchev–Trinajstić information content (AvgIpc) is 2.90. The van der Waals surface area contributed by atoms with Crippen molar-refractivity contribution in [3.8, 4) is 0 Å². The molecule has 0 spiro atoms. The second-order valence-corrected chi connectivity index (χ2v) is 10.5. The normalized spacial score (nSPS) is 12.2. The molecule has 0 amide bonds. The van der Waals surface area contributed by atoms with Crippen LogP contribution in [-0.4, -0.2) is 36.4 Å². The molecule has 0 aromatic heterocycles. The summed E-state index contributed by atoms with van der Waals surface area (Å²) in [5.41, 5.74) is 0. The molecule has 0 rings (SSSR count). The molecule has 0 aliphatic heterocycles. The summed E-state index contributed by atoms with van der Waals surface area (Å²) in [7, 11) is 0. The summed E-state index contributed by atoms with van der Waals surface area (Å²) >= 11 is 0. The zero-order valence-corrected chi connectivity index (χ0v) is 24.5. The Morgan fingerprint density at radius 3 is 1.54 bits per heavy atom. The smallest absolute Gasteiger partial charge is 0.306 e. The van der Waals surface area contributed by atoms with Gasteiger partial charge in [0.05, 0.1) is 6.61 Å². The average molecular weight is 525 g/mol. The largest absolute Gasteiger partial charge is 0.462 e. The molecule has 5 heteroatoms. The first-order valence-electron chi connectivity index (χ1n) is 15.7. The van der Waals surface area contributed by atoms with Crippen LogP contribution >= 0.6 is 0 Å². The van der Waals surface area contributed by atoms with E-state index in [1.54, 1.807) is 0 Å². The quantitative estimate of drug-likeness (QED) is 0.0628. The third kappa shape index (κ3) is 27.5. The third-order valence-electron chi connectivity index (χ3n) is 6.81. The molecule has 1 N–H and O–H groups in total. The van der Waals surface area contributed by atoms with Gasteiger partial charge in [-0.15, -0.1) is 0 Å². The van der Waals surface area contributed by atoms with Crippen molar-refractivity contribution >= 4 is 11.9 Å². The van der Waals surface area contributed by atoms with Gasteiger partial charge in [0.15, 0.2) is 6.10 Å². The first-order valence-corrected chi connectivity index (χ1v) is 15.7. The third-order valence-corrected chi connectivity index (χ3v) is 6.81. The van der Waals surface area contributed by atoms with Crippen molar-refractivity contribution in [2.45, 2.75) is 168 Å². The Bertz CT molecular complexity index is 531. The number of carbonyl (C=O) groups excluding carboxylic acids is 2. The summed E-state index contributed by atoms with van der Waals surface area (Å²) in [6.07, 6.45) is 29.7. The number of aliphatic hydroxyl groups excluding tert-OH is 1. The summed E-state index contributed by atoms with van der Waals surface area (Å²) in [5.74, 6) is -0.600. The molecular formula is C32H60O5. The fraction of sp³-hybridized carbons (Fsp3) is 0.875. The standard InChI is InChI=1S/C32H60O5/c1-3-5-7-9-11-13-15-17-18-20-22-24-26-31(34)36-29-30(28-33)37-32(35)27-25-23-21-19-16-14-12-10-8-6-4-2/h10,12,30,33H,3-9,11,13-29H2,1-2H3/b12-10-. The molecule has 0 aliphatic rings. The maximum absolute atomic E-state index is 12.0. The Morgan fingerprint density at radius 2 is 1.03 bits per heavy atom. The van der Waals surface area contributed by atoms with Crippen LogP contribution in [0, 0.1) is 0 Å². The molecule has 5 nitrogen and oxygen atoms in total. The van der Waals surface area contributed by atoms with Gasteiger partial charge in [-0.2, -0.15) is 0 Å². The van der Waals surface area contributed by atoms with Gasteiger partial charge in [-0.1, -0.05) is 129 Å². The highest BCUT2D eigenvalue weighted by Gasteiger charge is 2.16. The van der Waals surface area contributed by atoms with Crippen molar-refractivity contribution in [3.63, 3.8) is 0 Å². The topological polar surface area (TPSA) is 72.8 Å². The Hall–Kier alpha value is -1.36. The Labute approximate surface area is 229 Å². The first kappa shape index (κ1) is 35.6. The highest BCUT2D eigenvalue weighted by molar-refractivity contribution is 5.70. The van der Waals surface area contributed by atoms with E-state index >= 15 is 0 Å². The van der Waals surface area contributed by atoms with Crippen LogP contribution in [0.1, 0.15) is 162 Å². The molecule has 0 heterocycles. The van der Waals surface area contributed by atoms with E-state index in [0.717, 1.165) is 44.9 Å². The number of carbonyl (C=O) groups is 2. The number of hydrogen-bond donors (Lipinski definition) is 1. The number of rotatable bonds is 28. The van der Waals surface area contributed by atoms with Crippen LogP contribution in [0.15, 0.2) is 12.2 Å². The lowest BCUT2D eigenvalue weighted by molar-refractivity contribution is -0.161. The second-order valence-electron chi connectivity index (χ2n) is 10.5. The minimum atomic E-state index is -0.766. The van der Waals surface area contributed by atoms with Gasteiger partial charge >= 0.3 is 11.9 Å². The van der Waals surface area contributed by atoms with E-state index < -0.39 is 6.10 Å². The summed E-state index contributed by atoms with van der Waals surface area (Å²) < 4.78 is 10.5. The first-order chi connectivity index (χ1) is 18.1. The Kier molecular flexibility index (Phi) is 28.1. The van der Waals surface area contributed by atoms with E-state index in [0.29, 0.717) is 12.8 Å². The monoisotopic (exact) mass is 524 g/mol. The lowest BCUT2D eigenvalue weighted by atomic mass is 10.0. The molecule has 0 saturated heterocycles. The Morgan fingerprint density at radius 1 is 0.595 bits per heavy atom. The van der Waals surface area contributed by atoms with Crippen molar-refractivity contribution in [2.24, 2.45) is 0 Å². The van der Waals surface area contributed by atoms with Crippen LogP contribution in [0.2, 0.25) is 0 Å². The van der Waals surface area contributed by atoms with E-state index in [1.807, 2.05) is 0 Å². The molecular weight excluding hydrogens is 464 g/mol. The van der Waals surface area contributed by atoms with Gasteiger partial charge in [0.2, 0.25) is 0 Å². The molecule has 0 aromatic rings. The van der Waals surface area contributed by atoms with E-state index in [2.05, 4.69) is 26.0 Å². The van der Waals surface area contributed by atoms with Crippen LogP contribution in [0.25, 0.3) is 0 Å². The van der Waals surface area contributed by atoms with Gasteiger partial charge in [0, 0.05) is 12.8 Å². The van der Waals surface area contributed by atoms with Gasteiger partial charge in [0.25, 0.3) is 0 Å². The van der Waals surface area contributed by atoms with Crippen molar-refractivity contribution in [2.75, 3.05) is 13.2 Å². The molecule has 0 bridgehead atoms. The molecule has 0 saturated carbocycles. The van der Waals surface area contributed by atoms with Crippen LogP contribution in [-0.2, 0) is 19.1 Å². The number of ether oxygens (including phenoxy) is 2. The van der Waals surface area contributed by atoms with Crippen LogP contribution in [0.5, 0.6) is 0 Å². The predicted octanol–water partition coefficient (Wildman–Crippen LogP) is 9.00. The molecule has 0 aliphatic carbocycles. The Balaban J connectivity index is 3.59. The van der Waals surface area contributed by atoms with Gasteiger partial charge in [-0.05, 0) is 32.1 Å². The zero-order valence-electron chi connectivity index (χ0n) is 24.5. The van der Waals surface area contributed by atoms with E-state index in [4.69, 9.17) is 9.47 Å². The number of allylic oxidation sites excluding steroid dienone is 2. The molecule has 0 fully saturated rings. The fourth-order valence-corrected chi connectivity index (χ4v) is 4.36. The van der Waals surface area contributed by atoms with Gasteiger partial charge in [-0.25, -0.2) is 0 Å². The summed E-state index contributed by atoms with van der Waals surface area (Å²) in [5, 5.41) is 9.46. The summed E-state index contributed by atoms with van der Waals surface area (Å²) in [6, 6.07) is 0. The highest BCUT2D eigenvalue weighted by Crippen LogP contribution is 2.13. The molecule has 218 valence electrons. The molecule has 0 radical (unpaired) electrons. The van der Waals surface area contributed by atoms with E-state index in [-0.39, 0.29) is 25.2 Å². The van der Waals surface area contributed by atoms with Gasteiger partial charge in [0.1, 0.15) is 6.61 Å². The van der Waals surface area contributed by atoms with Crippen molar-refractivity contribution in [1.82, 2.24) is 0 Å². The SMILES string of the molecule is CCCC/C=C\CCCCCCCC(=O)OC(CO)COC(=O)CCCCCCCCCCCCCC. The molecule has 37 heavy (non-hydrogen) atoms. The minimum Gasteiger partial charge on any atom is -0.462 e. The van der Waals surface area contributed by atoms with Crippen molar-refractivity contribution < 1.29 is 24.2 Å². The van der Waals surface area contributed by atoms with E-state index in [1.165, 1.54) is 89.9 Å². The lowest BCUT2D eigenvalue weighted by Gasteiger charge is -2.15. The predicted molar refractivity (Wildman–Crippen MR) is 155 cm³/mol. The summed E-state index contributed by atoms with van der Waals surface area (Å²) in [6.45, 7) is 4.07. The van der Waals surface area contributed by atoms with Gasteiger partial charge < -0.3 is 14.6 Å². The number of unbranched alkanes of at least 4 members (excludes halogenated alkanes) is 18. The van der Waals surface area contributed by atoms with Gasteiger partial charge in [-0.3, -0.25) is 9.59 Å². The minimum absolute atomic E-state index is 0.0644. The van der Waals surface area contributed by atoms with Crippen LogP contribution in [0.3, 0.4) is 0 Å². The number of esters is 2. The highest BCUT2D eigenvalue weighted by atomic mass is 16.6. The number of aliphatic hydroxyl groups is 1. The molecule has 1 atom stereocenters. The van der Waals surface area contributed by atoms with Crippen LogP contribution < -0.4 is 0 Å². The van der Waals surface area contributed by atoms with Crippen molar-refractivity contribution in [3.05, 3.63) is 12.2 Å². The second kappa shape index (κ2) is 29.2. The molecule has 1 unspecified atom stereocenters. The lowest BCUT2D eigenvalue weighted by Crippen LogP contribution is -2.28. The maximum atomic E-state index is 12.0.